The first-order valence-corrected chi connectivity index (χ1v) is 17.0. The normalized spacial score (nSPS) is 16.6. The summed E-state index contributed by atoms with van der Waals surface area (Å²) in [7, 11) is 0. The summed E-state index contributed by atoms with van der Waals surface area (Å²) in [6.07, 6.45) is -0.733. The van der Waals surface area contributed by atoms with Crippen LogP contribution in [0.25, 0.3) is 5.69 Å². The summed E-state index contributed by atoms with van der Waals surface area (Å²) in [5, 5.41) is 16.0. The molecule has 0 spiro atoms. The Morgan fingerprint density at radius 3 is 2.40 bits per heavy atom. The van der Waals surface area contributed by atoms with E-state index in [1.54, 1.807) is 26.8 Å². The van der Waals surface area contributed by atoms with E-state index in [-0.39, 0.29) is 39.9 Å². The van der Waals surface area contributed by atoms with Gasteiger partial charge in [-0.3, -0.25) is 14.4 Å². The van der Waals surface area contributed by atoms with E-state index >= 15 is 0 Å². The lowest BCUT2D eigenvalue weighted by Gasteiger charge is -2.23. The van der Waals surface area contributed by atoms with Gasteiger partial charge in [0.25, 0.3) is 5.91 Å². The summed E-state index contributed by atoms with van der Waals surface area (Å²) >= 11 is 12.4. The Bertz CT molecular complexity index is 1720. The number of rotatable bonds is 6. The van der Waals surface area contributed by atoms with Crippen molar-refractivity contribution in [2.24, 2.45) is 0 Å². The van der Waals surface area contributed by atoms with E-state index in [2.05, 4.69) is 31.1 Å². The highest BCUT2D eigenvalue weighted by molar-refractivity contribution is 6.33. The highest BCUT2D eigenvalue weighted by Gasteiger charge is 2.32. The van der Waals surface area contributed by atoms with Gasteiger partial charge >= 0.3 is 18.4 Å². The Labute approximate surface area is 307 Å². The largest absolute Gasteiger partial charge is 0.575 e. The van der Waals surface area contributed by atoms with Crippen LogP contribution in [0.4, 0.5) is 28.0 Å². The van der Waals surface area contributed by atoms with Crippen molar-refractivity contribution >= 4 is 52.8 Å². The van der Waals surface area contributed by atoms with Crippen LogP contribution in [0.1, 0.15) is 81.8 Å². The summed E-state index contributed by atoms with van der Waals surface area (Å²) < 4.78 is 56.4. The van der Waals surface area contributed by atoms with Crippen LogP contribution in [0, 0.1) is 5.82 Å². The number of anilines is 1. The standard InChI is InChI=1S/C31H37Cl2FN6O4.C3H3F3O2/c1-31(2,3)44-30(43)36-16-14-24-29(42)35-15-6-4-5-12-23(19-9-7-10-20(17-19)38-24)39-28(41)21-18-37-40(27(21)33)25-13-8-11-22(32)26(25)34;1-2(7)8-3(4,5)6/h7-11,13,17-18,23-24,38H,4-6,12,14-16H2,1-3H3,(H,35,42)(H,36,43)(H,39,41);1H3/t23-,24-;/m0./s1. The van der Waals surface area contributed by atoms with Crippen LogP contribution >= 0.6 is 23.2 Å². The zero-order chi connectivity index (χ0) is 38.6. The van der Waals surface area contributed by atoms with Crippen LogP contribution in [0.2, 0.25) is 10.2 Å². The van der Waals surface area contributed by atoms with Crippen LogP contribution in [0.3, 0.4) is 0 Å². The molecule has 0 saturated heterocycles. The van der Waals surface area contributed by atoms with Gasteiger partial charge in [-0.25, -0.2) is 13.9 Å². The average Bonchev–Trinajstić information content (AvgIpc) is 3.41. The van der Waals surface area contributed by atoms with Gasteiger partial charge in [0.1, 0.15) is 22.5 Å². The summed E-state index contributed by atoms with van der Waals surface area (Å²) in [5.41, 5.74) is 1.01. The van der Waals surface area contributed by atoms with E-state index in [1.165, 1.54) is 18.3 Å². The fraction of sp³-hybridized carbons (Fsp3) is 0.441. The van der Waals surface area contributed by atoms with Gasteiger partial charge in [0.05, 0.1) is 22.8 Å². The minimum atomic E-state index is -4.83. The van der Waals surface area contributed by atoms with E-state index in [4.69, 9.17) is 27.9 Å². The maximum absolute atomic E-state index is 14.6. The molecule has 0 saturated carbocycles. The maximum Gasteiger partial charge on any atom is 0.575 e. The first-order valence-electron chi connectivity index (χ1n) is 16.2. The molecule has 0 radical (unpaired) electrons. The van der Waals surface area contributed by atoms with Crippen LogP contribution in [-0.2, 0) is 19.1 Å². The van der Waals surface area contributed by atoms with Crippen molar-refractivity contribution < 1.29 is 46.2 Å². The fourth-order valence-electron chi connectivity index (χ4n) is 4.96. The van der Waals surface area contributed by atoms with Crippen LogP contribution in [0.5, 0.6) is 0 Å². The lowest BCUT2D eigenvalue weighted by atomic mass is 9.99. The first kappa shape index (κ1) is 41.8. The molecule has 3 aromatic rings. The zero-order valence-electron chi connectivity index (χ0n) is 28.8. The van der Waals surface area contributed by atoms with Gasteiger partial charge in [0.2, 0.25) is 5.91 Å². The van der Waals surface area contributed by atoms with Crippen LogP contribution in [0.15, 0.2) is 48.7 Å². The highest BCUT2D eigenvalue weighted by atomic mass is 35.5. The van der Waals surface area contributed by atoms with Crippen molar-refractivity contribution in [2.75, 3.05) is 18.4 Å². The van der Waals surface area contributed by atoms with E-state index in [0.29, 0.717) is 32.0 Å². The minimum Gasteiger partial charge on any atom is -0.444 e. The number of nitrogens with zero attached hydrogens (tertiary/aromatic N) is 2. The Balaban J connectivity index is 0.000000815. The third-order valence-electron chi connectivity index (χ3n) is 7.20. The van der Waals surface area contributed by atoms with Crippen LogP contribution < -0.4 is 21.3 Å². The number of hydrogen-bond acceptors (Lipinski definition) is 8. The van der Waals surface area contributed by atoms with Gasteiger partial charge in [-0.2, -0.15) is 5.10 Å². The molecular formula is C34H40Cl2F4N6O6. The number of alkyl halides is 3. The molecule has 2 aromatic carbocycles. The molecular weight excluding hydrogens is 735 g/mol. The van der Waals surface area contributed by atoms with Gasteiger partial charge in [0, 0.05) is 25.7 Å². The topological polar surface area (TPSA) is 153 Å². The number of aromatic nitrogens is 2. The number of halogens is 6. The van der Waals surface area contributed by atoms with Gasteiger partial charge in [-0.15, -0.1) is 13.2 Å². The third kappa shape index (κ3) is 13.5. The molecule has 18 heteroatoms. The summed E-state index contributed by atoms with van der Waals surface area (Å²) in [4.78, 5) is 48.1. The van der Waals surface area contributed by atoms with Gasteiger partial charge in [-0.05, 0) is 69.9 Å². The third-order valence-corrected chi connectivity index (χ3v) is 7.85. The van der Waals surface area contributed by atoms with Crippen LogP contribution in [-0.4, -0.2) is 64.8 Å². The molecule has 2 bridgehead atoms. The molecule has 2 atom stereocenters. The number of carbonyl (C=O) groups is 4. The monoisotopic (exact) mass is 774 g/mol. The maximum atomic E-state index is 14.6. The van der Waals surface area contributed by atoms with Crippen molar-refractivity contribution in [3.63, 3.8) is 0 Å². The number of amides is 3. The first-order chi connectivity index (χ1) is 24.3. The molecule has 1 aromatic heterocycles. The predicted molar refractivity (Wildman–Crippen MR) is 186 cm³/mol. The summed E-state index contributed by atoms with van der Waals surface area (Å²) in [6.45, 7) is 6.76. The molecule has 12 nitrogen and oxygen atoms in total. The zero-order valence-corrected chi connectivity index (χ0v) is 30.3. The minimum absolute atomic E-state index is 0.0291. The number of nitrogens with one attached hydrogen (secondary N) is 4. The fourth-order valence-corrected chi connectivity index (χ4v) is 5.40. The molecule has 4 rings (SSSR count). The van der Waals surface area contributed by atoms with Crippen molar-refractivity contribution in [3.8, 4) is 5.69 Å². The second-order valence-electron chi connectivity index (χ2n) is 12.6. The van der Waals surface area contributed by atoms with E-state index in [1.807, 2.05) is 24.3 Å². The van der Waals surface area contributed by atoms with Crippen molar-refractivity contribution in [2.45, 2.75) is 83.8 Å². The molecule has 3 amide bonds. The molecule has 284 valence electrons. The van der Waals surface area contributed by atoms with E-state index in [9.17, 15) is 36.7 Å². The van der Waals surface area contributed by atoms with E-state index in [0.717, 1.165) is 29.5 Å². The Kier molecular flexibility index (Phi) is 15.1. The smallest absolute Gasteiger partial charge is 0.444 e. The lowest BCUT2D eigenvalue weighted by Crippen LogP contribution is -2.42. The van der Waals surface area contributed by atoms with Crippen molar-refractivity contribution in [1.82, 2.24) is 25.7 Å². The molecule has 0 aliphatic carbocycles. The number of ether oxygens (including phenoxy) is 2. The average molecular weight is 776 g/mol. The molecule has 2 heterocycles. The number of esters is 1. The molecule has 4 N–H and O–H groups in total. The summed E-state index contributed by atoms with van der Waals surface area (Å²) in [5.74, 6) is -2.68. The number of benzene rings is 2. The Hall–Kier alpha value is -4.57. The molecule has 1 aliphatic rings. The van der Waals surface area contributed by atoms with E-state index < -0.39 is 41.8 Å². The van der Waals surface area contributed by atoms with Crippen molar-refractivity contribution in [3.05, 3.63) is 75.8 Å². The van der Waals surface area contributed by atoms with Gasteiger partial charge < -0.3 is 30.7 Å². The SMILES string of the molecule is CC(=O)OC(F)(F)F.CC(C)(C)OC(=O)NCC[C@@H]1Nc2cccc(c2)[C@@H](NC(=O)c2cnn(-c3cccc(Cl)c3F)c2Cl)CCCCCNC1=O. The second kappa shape index (κ2) is 18.8. The quantitative estimate of drug-likeness (QED) is 0.151. The number of fused-ring (bicyclic) bond motifs is 2. The molecule has 1 aliphatic heterocycles. The Morgan fingerprint density at radius 1 is 1.04 bits per heavy atom. The second-order valence-corrected chi connectivity index (χ2v) is 13.3. The number of carbonyl (C=O) groups excluding carboxylic acids is 4. The molecule has 0 fully saturated rings. The molecule has 52 heavy (non-hydrogen) atoms. The Morgan fingerprint density at radius 2 is 1.75 bits per heavy atom. The predicted octanol–water partition coefficient (Wildman–Crippen LogP) is 7.24. The molecule has 0 unspecified atom stereocenters. The lowest BCUT2D eigenvalue weighted by molar-refractivity contribution is -0.304. The number of hydrogen-bond donors (Lipinski definition) is 4. The summed E-state index contributed by atoms with van der Waals surface area (Å²) in [6, 6.07) is 10.9. The highest BCUT2D eigenvalue weighted by Crippen LogP contribution is 2.28. The van der Waals surface area contributed by atoms with Gasteiger partial charge in [-0.1, -0.05) is 54.2 Å². The number of alkyl carbamates (subject to hydrolysis) is 1. The van der Waals surface area contributed by atoms with Crippen molar-refractivity contribution in [1.29, 1.82) is 0 Å². The van der Waals surface area contributed by atoms with Gasteiger partial charge in [0.15, 0.2) is 5.82 Å².